The van der Waals surface area contributed by atoms with Gasteiger partial charge in [-0.3, -0.25) is 4.79 Å². The molecule has 2 aromatic rings. The van der Waals surface area contributed by atoms with Gasteiger partial charge in [0.05, 0.1) is 6.54 Å². The normalized spacial score (nSPS) is 14.9. The van der Waals surface area contributed by atoms with Crippen molar-refractivity contribution >= 4 is 17.4 Å². The van der Waals surface area contributed by atoms with Gasteiger partial charge in [0.1, 0.15) is 0 Å². The molecule has 0 aliphatic heterocycles. The molecule has 2 aromatic heterocycles. The molecule has 1 fully saturated rings. The van der Waals surface area contributed by atoms with Crippen LogP contribution in [0.4, 0.5) is 19.0 Å². The molecule has 1 saturated carbocycles. The van der Waals surface area contributed by atoms with E-state index in [0.29, 0.717) is 28.1 Å². The molecule has 0 aromatic carbocycles. The number of amides is 1. The molecular weight excluding hydrogens is 325 g/mol. The molecule has 2 N–H and O–H groups in total. The van der Waals surface area contributed by atoms with Gasteiger partial charge in [0, 0.05) is 12.1 Å². The summed E-state index contributed by atoms with van der Waals surface area (Å²) >= 11 is 0. The standard InChI is InChI=1S/C14H17F3N6O/c1-7-8(2)12-20-21-13(14(15,16)17)23(12)22-11(7)19-6-10(24)18-5-9-3-4-9/h9H,3-6H2,1-2H3,(H,18,24)(H,19,22). The van der Waals surface area contributed by atoms with Gasteiger partial charge in [-0.15, -0.1) is 15.3 Å². The van der Waals surface area contributed by atoms with Gasteiger partial charge in [0.25, 0.3) is 5.82 Å². The van der Waals surface area contributed by atoms with Gasteiger partial charge >= 0.3 is 6.18 Å². The largest absolute Gasteiger partial charge is 0.453 e. The summed E-state index contributed by atoms with van der Waals surface area (Å²) in [4.78, 5) is 11.8. The molecule has 10 heteroatoms. The van der Waals surface area contributed by atoms with Gasteiger partial charge in [-0.2, -0.15) is 17.7 Å². The fourth-order valence-electron chi connectivity index (χ4n) is 2.28. The van der Waals surface area contributed by atoms with Crippen LogP contribution in [0.2, 0.25) is 0 Å². The van der Waals surface area contributed by atoms with Crippen LogP contribution in [0.3, 0.4) is 0 Å². The predicted molar refractivity (Wildman–Crippen MR) is 79.5 cm³/mol. The number of hydrogen-bond acceptors (Lipinski definition) is 5. The van der Waals surface area contributed by atoms with Crippen molar-refractivity contribution in [3.63, 3.8) is 0 Å². The zero-order chi connectivity index (χ0) is 17.5. The Labute approximate surface area is 135 Å². The average Bonchev–Trinajstić information content (AvgIpc) is 3.23. The molecule has 0 bridgehead atoms. The molecule has 0 spiro atoms. The second-order valence-corrected chi connectivity index (χ2v) is 5.96. The number of alkyl halides is 3. The summed E-state index contributed by atoms with van der Waals surface area (Å²) in [6.07, 6.45) is -2.41. The lowest BCUT2D eigenvalue weighted by Gasteiger charge is -2.12. The fourth-order valence-corrected chi connectivity index (χ4v) is 2.28. The first kappa shape index (κ1) is 16.5. The van der Waals surface area contributed by atoms with Crippen LogP contribution in [0.5, 0.6) is 0 Å². The van der Waals surface area contributed by atoms with E-state index in [9.17, 15) is 18.0 Å². The maximum atomic E-state index is 13.0. The highest BCUT2D eigenvalue weighted by Crippen LogP contribution is 2.29. The topological polar surface area (TPSA) is 84.2 Å². The minimum atomic E-state index is -4.66. The Hall–Kier alpha value is -2.39. The van der Waals surface area contributed by atoms with E-state index in [-0.39, 0.29) is 23.9 Å². The summed E-state index contributed by atoms with van der Waals surface area (Å²) in [6, 6.07) is 0. The first-order valence-corrected chi connectivity index (χ1v) is 7.57. The third kappa shape index (κ3) is 3.26. The Balaban J connectivity index is 1.81. The maximum Gasteiger partial charge on any atom is 0.453 e. The Morgan fingerprint density at radius 3 is 2.58 bits per heavy atom. The third-order valence-corrected chi connectivity index (χ3v) is 4.05. The molecule has 0 radical (unpaired) electrons. The third-order valence-electron chi connectivity index (χ3n) is 4.05. The van der Waals surface area contributed by atoms with Gasteiger partial charge < -0.3 is 10.6 Å². The van der Waals surface area contributed by atoms with E-state index in [4.69, 9.17) is 0 Å². The van der Waals surface area contributed by atoms with Crippen molar-refractivity contribution in [1.29, 1.82) is 0 Å². The summed E-state index contributed by atoms with van der Waals surface area (Å²) in [6.45, 7) is 3.91. The number of anilines is 1. The highest BCUT2D eigenvalue weighted by atomic mass is 19.4. The lowest BCUT2D eigenvalue weighted by molar-refractivity contribution is -0.146. The summed E-state index contributed by atoms with van der Waals surface area (Å²) < 4.78 is 39.5. The van der Waals surface area contributed by atoms with Gasteiger partial charge in [-0.1, -0.05) is 0 Å². The minimum absolute atomic E-state index is 0.0450. The monoisotopic (exact) mass is 342 g/mol. The van der Waals surface area contributed by atoms with Gasteiger partial charge in [0.15, 0.2) is 11.5 Å². The summed E-state index contributed by atoms with van der Waals surface area (Å²) in [5.41, 5.74) is 1.19. The highest BCUT2D eigenvalue weighted by molar-refractivity contribution is 5.80. The summed E-state index contributed by atoms with van der Waals surface area (Å²) in [5.74, 6) is -0.659. The van der Waals surface area contributed by atoms with E-state index >= 15 is 0 Å². The number of nitrogens with zero attached hydrogens (tertiary/aromatic N) is 4. The van der Waals surface area contributed by atoms with Crippen molar-refractivity contribution in [3.8, 4) is 0 Å². The van der Waals surface area contributed by atoms with Crippen LogP contribution in [0.15, 0.2) is 0 Å². The van der Waals surface area contributed by atoms with Crippen molar-refractivity contribution in [2.75, 3.05) is 18.4 Å². The number of carbonyl (C=O) groups excluding carboxylic acids is 1. The van der Waals surface area contributed by atoms with Crippen molar-refractivity contribution in [3.05, 3.63) is 17.0 Å². The number of aryl methyl sites for hydroxylation is 1. The van der Waals surface area contributed by atoms with E-state index in [1.165, 1.54) is 0 Å². The molecule has 1 aliphatic rings. The molecule has 1 aliphatic carbocycles. The van der Waals surface area contributed by atoms with Crippen LogP contribution < -0.4 is 10.6 Å². The van der Waals surface area contributed by atoms with Crippen LogP contribution >= 0.6 is 0 Å². The van der Waals surface area contributed by atoms with Crippen molar-refractivity contribution in [2.45, 2.75) is 32.9 Å². The molecule has 130 valence electrons. The van der Waals surface area contributed by atoms with Crippen molar-refractivity contribution < 1.29 is 18.0 Å². The number of fused-ring (bicyclic) bond motifs is 1. The Kier molecular flexibility index (Phi) is 4.06. The first-order valence-electron chi connectivity index (χ1n) is 7.57. The summed E-state index contributed by atoms with van der Waals surface area (Å²) in [5, 5.41) is 16.2. The van der Waals surface area contributed by atoms with E-state index in [0.717, 1.165) is 12.8 Å². The number of hydrogen-bond donors (Lipinski definition) is 2. The molecular formula is C14H17F3N6O. The molecule has 7 nitrogen and oxygen atoms in total. The summed E-state index contributed by atoms with van der Waals surface area (Å²) in [7, 11) is 0. The van der Waals surface area contributed by atoms with Crippen LogP contribution in [-0.4, -0.2) is 38.8 Å². The number of carbonyl (C=O) groups is 1. The molecule has 0 atom stereocenters. The van der Waals surface area contributed by atoms with E-state index in [1.807, 2.05) is 0 Å². The lowest BCUT2D eigenvalue weighted by Crippen LogP contribution is -2.31. The second-order valence-electron chi connectivity index (χ2n) is 5.96. The van der Waals surface area contributed by atoms with Crippen molar-refractivity contribution in [2.24, 2.45) is 5.92 Å². The molecule has 1 amide bonds. The molecule has 2 heterocycles. The smallest absolute Gasteiger partial charge is 0.359 e. The van der Waals surface area contributed by atoms with Gasteiger partial charge in [-0.25, -0.2) is 0 Å². The number of nitrogens with one attached hydrogen (secondary N) is 2. The quantitative estimate of drug-likeness (QED) is 0.864. The van der Waals surface area contributed by atoms with E-state index in [2.05, 4.69) is 25.9 Å². The average molecular weight is 342 g/mol. The second kappa shape index (κ2) is 5.91. The van der Waals surface area contributed by atoms with Gasteiger partial charge in [-0.05, 0) is 38.2 Å². The Bertz CT molecular complexity index is 781. The molecule has 0 unspecified atom stereocenters. The zero-order valence-electron chi connectivity index (χ0n) is 13.2. The number of halogens is 3. The SMILES string of the molecule is Cc1c(NCC(=O)NCC2CC2)nn2c(C(F)(F)F)nnc2c1C. The Morgan fingerprint density at radius 1 is 1.25 bits per heavy atom. The van der Waals surface area contributed by atoms with Crippen LogP contribution in [0, 0.1) is 19.8 Å². The minimum Gasteiger partial charge on any atom is -0.359 e. The van der Waals surface area contributed by atoms with Crippen LogP contribution in [0.25, 0.3) is 5.65 Å². The van der Waals surface area contributed by atoms with Gasteiger partial charge in [0.2, 0.25) is 5.91 Å². The molecule has 24 heavy (non-hydrogen) atoms. The predicted octanol–water partition coefficient (Wildman–Crippen LogP) is 1.70. The van der Waals surface area contributed by atoms with Crippen molar-refractivity contribution in [1.82, 2.24) is 25.1 Å². The zero-order valence-corrected chi connectivity index (χ0v) is 13.2. The maximum absolute atomic E-state index is 13.0. The first-order chi connectivity index (χ1) is 11.3. The number of aromatic nitrogens is 4. The van der Waals surface area contributed by atoms with E-state index < -0.39 is 12.0 Å². The highest BCUT2D eigenvalue weighted by Gasteiger charge is 2.38. The number of rotatable bonds is 5. The molecule has 0 saturated heterocycles. The van der Waals surface area contributed by atoms with E-state index in [1.54, 1.807) is 13.8 Å². The lowest BCUT2D eigenvalue weighted by atomic mass is 10.2. The fraction of sp³-hybridized carbons (Fsp3) is 0.571. The van der Waals surface area contributed by atoms with Crippen LogP contribution in [0.1, 0.15) is 29.8 Å². The van der Waals surface area contributed by atoms with Crippen LogP contribution in [-0.2, 0) is 11.0 Å². The Morgan fingerprint density at radius 2 is 1.96 bits per heavy atom. The molecule has 3 rings (SSSR count).